The Labute approximate surface area is 207 Å². The van der Waals surface area contributed by atoms with Crippen molar-refractivity contribution in [2.75, 3.05) is 26.2 Å². The average molecular weight is 471 g/mol. The molecular weight excluding hydrogens is 440 g/mol. The molecule has 1 fully saturated rings. The number of hydrogen-bond acceptors (Lipinski definition) is 4. The highest BCUT2D eigenvalue weighted by atomic mass is 35.5. The Bertz CT molecular complexity index is 1280. The molecule has 0 atom stereocenters. The lowest BCUT2D eigenvalue weighted by atomic mass is 10.0. The van der Waals surface area contributed by atoms with Crippen LogP contribution in [0.5, 0.6) is 0 Å². The van der Waals surface area contributed by atoms with Crippen LogP contribution in [-0.4, -0.2) is 47.2 Å². The van der Waals surface area contributed by atoms with Crippen LogP contribution >= 0.6 is 11.6 Å². The molecule has 3 heterocycles. The van der Waals surface area contributed by atoms with Gasteiger partial charge < -0.3 is 9.80 Å². The third-order valence-electron chi connectivity index (χ3n) is 6.94. The summed E-state index contributed by atoms with van der Waals surface area (Å²) >= 11 is 6.68. The SMILES string of the molecule is C=C(CCCC)N1CCN(C(=C)c2ccc3c(Cl)cc(-c4ccc5c(c4)N=CC5)nc3c2)CC1. The smallest absolute Gasteiger partial charge is 0.0731 e. The minimum Gasteiger partial charge on any atom is -0.372 e. The molecule has 2 aromatic carbocycles. The van der Waals surface area contributed by atoms with E-state index in [9.17, 15) is 0 Å². The monoisotopic (exact) mass is 470 g/mol. The number of benzene rings is 2. The molecule has 4 nitrogen and oxygen atoms in total. The topological polar surface area (TPSA) is 31.7 Å². The van der Waals surface area contributed by atoms with Crippen LogP contribution in [0.1, 0.15) is 37.3 Å². The van der Waals surface area contributed by atoms with Gasteiger partial charge in [-0.15, -0.1) is 0 Å². The van der Waals surface area contributed by atoms with E-state index in [1.165, 1.54) is 24.1 Å². The van der Waals surface area contributed by atoms with Crippen molar-refractivity contribution in [1.29, 1.82) is 0 Å². The maximum atomic E-state index is 6.68. The van der Waals surface area contributed by atoms with E-state index in [1.54, 1.807) is 0 Å². The van der Waals surface area contributed by atoms with E-state index in [0.29, 0.717) is 5.02 Å². The van der Waals surface area contributed by atoms with E-state index < -0.39 is 0 Å². The van der Waals surface area contributed by atoms with Crippen LogP contribution in [0, 0.1) is 0 Å². The van der Waals surface area contributed by atoms with Gasteiger partial charge in [0.15, 0.2) is 0 Å². The van der Waals surface area contributed by atoms with Crippen LogP contribution in [0.3, 0.4) is 0 Å². The highest BCUT2D eigenvalue weighted by Crippen LogP contribution is 2.34. The number of hydrogen-bond donors (Lipinski definition) is 0. The highest BCUT2D eigenvalue weighted by molar-refractivity contribution is 6.35. The second-order valence-electron chi connectivity index (χ2n) is 9.17. The summed E-state index contributed by atoms with van der Waals surface area (Å²) in [6.07, 6.45) is 6.35. The third-order valence-corrected chi connectivity index (χ3v) is 7.26. The van der Waals surface area contributed by atoms with Crippen molar-refractivity contribution >= 4 is 40.1 Å². The van der Waals surface area contributed by atoms with Crippen LogP contribution in [-0.2, 0) is 6.42 Å². The van der Waals surface area contributed by atoms with E-state index in [0.717, 1.165) is 78.1 Å². The first-order chi connectivity index (χ1) is 16.5. The first-order valence-electron chi connectivity index (χ1n) is 12.2. The molecule has 5 rings (SSSR count). The Morgan fingerprint density at radius 1 is 1.00 bits per heavy atom. The van der Waals surface area contributed by atoms with Crippen molar-refractivity contribution in [2.45, 2.75) is 32.6 Å². The van der Waals surface area contributed by atoms with E-state index in [1.807, 2.05) is 12.3 Å². The number of aliphatic imine (C=N–C) groups is 1. The summed E-state index contributed by atoms with van der Waals surface area (Å²) in [5.41, 5.74) is 8.45. The second-order valence-corrected chi connectivity index (χ2v) is 9.58. The molecule has 0 amide bonds. The predicted molar refractivity (Wildman–Crippen MR) is 145 cm³/mol. The Balaban J connectivity index is 1.36. The van der Waals surface area contributed by atoms with Crippen molar-refractivity contribution in [2.24, 2.45) is 4.99 Å². The molecule has 0 radical (unpaired) electrons. The third kappa shape index (κ3) is 4.47. The van der Waals surface area contributed by atoms with Gasteiger partial charge in [0.2, 0.25) is 0 Å². The fraction of sp³-hybridized carbons (Fsp3) is 0.310. The van der Waals surface area contributed by atoms with Crippen LogP contribution < -0.4 is 0 Å². The van der Waals surface area contributed by atoms with Gasteiger partial charge in [0, 0.05) is 61.2 Å². The standard InChI is InChI=1S/C29H31ClN4/c1-4-5-6-20(2)33-13-15-34(16-14-33)21(3)23-9-10-25-26(30)19-28(32-29(25)17-23)24-8-7-22-11-12-31-27(22)18-24/h7-10,12,17-19H,2-6,11,13-16H2,1H3. The second kappa shape index (κ2) is 9.63. The Kier molecular flexibility index (Phi) is 6.42. The largest absolute Gasteiger partial charge is 0.372 e. The lowest BCUT2D eigenvalue weighted by Gasteiger charge is -2.39. The maximum Gasteiger partial charge on any atom is 0.0731 e. The zero-order valence-electron chi connectivity index (χ0n) is 19.9. The average Bonchev–Trinajstić information content (AvgIpc) is 3.34. The number of pyridine rings is 1. The minimum absolute atomic E-state index is 0.709. The quantitative estimate of drug-likeness (QED) is 0.369. The first-order valence-corrected chi connectivity index (χ1v) is 12.5. The number of fused-ring (bicyclic) bond motifs is 2. The van der Waals surface area contributed by atoms with Gasteiger partial charge in [0.05, 0.1) is 21.9 Å². The van der Waals surface area contributed by atoms with Crippen molar-refractivity contribution < 1.29 is 0 Å². The maximum absolute atomic E-state index is 6.68. The molecule has 0 aliphatic carbocycles. The number of unbranched alkanes of at least 4 members (excludes halogenated alkanes) is 1. The Morgan fingerprint density at radius 2 is 1.79 bits per heavy atom. The highest BCUT2D eigenvalue weighted by Gasteiger charge is 2.20. The number of nitrogens with zero attached hydrogens (tertiary/aromatic N) is 4. The molecule has 1 aromatic heterocycles. The Hall–Kier alpha value is -3.11. The zero-order chi connectivity index (χ0) is 23.7. The normalized spacial score (nSPS) is 15.1. The van der Waals surface area contributed by atoms with Crippen LogP contribution in [0.4, 0.5) is 5.69 Å². The van der Waals surface area contributed by atoms with E-state index in [-0.39, 0.29) is 0 Å². The number of aromatic nitrogens is 1. The molecular formula is C29H31ClN4. The summed E-state index contributed by atoms with van der Waals surface area (Å²) in [5, 5.41) is 1.67. The molecule has 0 unspecified atom stereocenters. The summed E-state index contributed by atoms with van der Waals surface area (Å²) in [6.45, 7) is 14.8. The molecule has 5 heteroatoms. The zero-order valence-corrected chi connectivity index (χ0v) is 20.6. The van der Waals surface area contributed by atoms with Crippen LogP contribution in [0.2, 0.25) is 5.02 Å². The summed E-state index contributed by atoms with van der Waals surface area (Å²) in [7, 11) is 0. The minimum atomic E-state index is 0.709. The van der Waals surface area contributed by atoms with Gasteiger partial charge in [-0.3, -0.25) is 4.99 Å². The van der Waals surface area contributed by atoms with Gasteiger partial charge in [0.1, 0.15) is 0 Å². The molecule has 34 heavy (non-hydrogen) atoms. The molecule has 0 N–H and O–H groups in total. The Morgan fingerprint density at radius 3 is 2.59 bits per heavy atom. The van der Waals surface area contributed by atoms with Gasteiger partial charge >= 0.3 is 0 Å². The first kappa shape index (κ1) is 22.7. The molecule has 0 saturated carbocycles. The molecule has 0 spiro atoms. The lowest BCUT2D eigenvalue weighted by Crippen LogP contribution is -2.44. The van der Waals surface area contributed by atoms with E-state index in [2.05, 4.69) is 71.3 Å². The van der Waals surface area contributed by atoms with Crippen LogP contribution in [0.15, 0.2) is 66.3 Å². The number of piperazine rings is 1. The fourth-order valence-corrected chi connectivity index (χ4v) is 5.05. The summed E-state index contributed by atoms with van der Waals surface area (Å²) < 4.78 is 0. The predicted octanol–water partition coefficient (Wildman–Crippen LogP) is 7.11. The van der Waals surface area contributed by atoms with Gasteiger partial charge in [-0.1, -0.05) is 62.4 Å². The van der Waals surface area contributed by atoms with E-state index in [4.69, 9.17) is 16.6 Å². The van der Waals surface area contributed by atoms with Gasteiger partial charge in [-0.05, 0) is 42.2 Å². The molecule has 2 aliphatic rings. The lowest BCUT2D eigenvalue weighted by molar-refractivity contribution is 0.209. The fourth-order valence-electron chi connectivity index (χ4n) is 4.79. The number of rotatable bonds is 7. The number of allylic oxidation sites excluding steroid dienone is 1. The van der Waals surface area contributed by atoms with Crippen LogP contribution in [0.25, 0.3) is 27.9 Å². The van der Waals surface area contributed by atoms with Crippen molar-refractivity contribution in [3.63, 3.8) is 0 Å². The molecule has 1 saturated heterocycles. The molecule has 0 bridgehead atoms. The van der Waals surface area contributed by atoms with Gasteiger partial charge in [0.25, 0.3) is 0 Å². The van der Waals surface area contributed by atoms with Gasteiger partial charge in [-0.25, -0.2) is 4.98 Å². The van der Waals surface area contributed by atoms with Crippen molar-refractivity contribution in [1.82, 2.24) is 14.8 Å². The summed E-state index contributed by atoms with van der Waals surface area (Å²) in [6, 6.07) is 14.6. The van der Waals surface area contributed by atoms with Gasteiger partial charge in [-0.2, -0.15) is 0 Å². The summed E-state index contributed by atoms with van der Waals surface area (Å²) in [4.78, 5) is 14.2. The summed E-state index contributed by atoms with van der Waals surface area (Å²) in [5.74, 6) is 0. The molecule has 2 aliphatic heterocycles. The van der Waals surface area contributed by atoms with Crippen molar-refractivity contribution in [3.05, 3.63) is 77.5 Å². The molecule has 174 valence electrons. The van der Waals surface area contributed by atoms with E-state index >= 15 is 0 Å². The van der Waals surface area contributed by atoms with Crippen molar-refractivity contribution in [3.8, 4) is 11.3 Å². The molecule has 3 aromatic rings. The number of halogens is 1.